The molecule has 2 aliphatic rings. The van der Waals surface area contributed by atoms with Crippen LogP contribution < -0.4 is 5.32 Å². The predicted molar refractivity (Wildman–Crippen MR) is 125 cm³/mol. The molecule has 7 nitrogen and oxygen atoms in total. The lowest BCUT2D eigenvalue weighted by atomic mass is 10.0. The number of hydrogen-bond acceptors (Lipinski definition) is 5. The smallest absolute Gasteiger partial charge is 0.356 e. The maximum Gasteiger partial charge on any atom is 0.356 e. The number of benzene rings is 2. The molecule has 2 aromatic carbocycles. The number of nitrogens with one attached hydrogen (secondary N) is 1. The molecule has 0 bridgehead atoms. The molecule has 2 heterocycles. The molecule has 2 N–H and O–H groups in total. The van der Waals surface area contributed by atoms with Gasteiger partial charge in [-0.05, 0) is 53.5 Å². The summed E-state index contributed by atoms with van der Waals surface area (Å²) >= 11 is 0. The monoisotopic (exact) mass is 444 g/mol. The molecule has 5 rings (SSSR count). The number of carbonyl (C=O) groups is 2. The maximum atomic E-state index is 11.8. The third kappa shape index (κ3) is 4.60. The zero-order valence-corrected chi connectivity index (χ0v) is 18.4. The lowest BCUT2D eigenvalue weighted by Crippen LogP contribution is -2.35. The van der Waals surface area contributed by atoms with E-state index < -0.39 is 12.1 Å². The highest BCUT2D eigenvalue weighted by Crippen LogP contribution is 2.40. The number of fused-ring (bicyclic) bond motifs is 1. The molecule has 2 fully saturated rings. The molecule has 1 saturated carbocycles. The lowest BCUT2D eigenvalue weighted by Gasteiger charge is -2.25. The fraction of sp³-hybridized carbons (Fsp3) is 0.346. The molecule has 1 aromatic heterocycles. The van der Waals surface area contributed by atoms with Crippen molar-refractivity contribution in [3.63, 3.8) is 0 Å². The minimum Gasteiger partial charge on any atom is -0.476 e. The van der Waals surface area contributed by atoms with Gasteiger partial charge in [-0.2, -0.15) is 5.10 Å². The Morgan fingerprint density at radius 3 is 2.45 bits per heavy atom. The topological polar surface area (TPSA) is 87.5 Å². The first-order chi connectivity index (χ1) is 16.1. The summed E-state index contributed by atoms with van der Waals surface area (Å²) in [5.41, 5.74) is 3.71. The SMILES string of the molecule is O=CC(N1C[C@H]2C[C@H](NCc3cccc(-c4ccccc4)c3)C[C@H]2C1)n1ccc(C(=O)O)n1. The third-order valence-corrected chi connectivity index (χ3v) is 7.00. The van der Waals surface area contributed by atoms with Crippen molar-refractivity contribution >= 4 is 12.3 Å². The van der Waals surface area contributed by atoms with Gasteiger partial charge in [0.15, 0.2) is 18.1 Å². The molecule has 0 radical (unpaired) electrons. The number of likely N-dealkylation sites (tertiary alicyclic amines) is 1. The summed E-state index contributed by atoms with van der Waals surface area (Å²) in [7, 11) is 0. The quantitative estimate of drug-likeness (QED) is 0.518. The summed E-state index contributed by atoms with van der Waals surface area (Å²) in [6.45, 7) is 2.51. The van der Waals surface area contributed by atoms with Crippen LogP contribution in [0.15, 0.2) is 66.9 Å². The van der Waals surface area contributed by atoms with E-state index in [-0.39, 0.29) is 5.69 Å². The largest absolute Gasteiger partial charge is 0.476 e. The van der Waals surface area contributed by atoms with Crippen LogP contribution in [0.4, 0.5) is 0 Å². The van der Waals surface area contributed by atoms with Crippen molar-refractivity contribution in [2.24, 2.45) is 11.8 Å². The molecule has 1 saturated heterocycles. The third-order valence-electron chi connectivity index (χ3n) is 7.00. The van der Waals surface area contributed by atoms with Gasteiger partial charge >= 0.3 is 5.97 Å². The fourth-order valence-electron chi connectivity index (χ4n) is 5.39. The van der Waals surface area contributed by atoms with Crippen molar-refractivity contribution in [2.75, 3.05) is 13.1 Å². The summed E-state index contributed by atoms with van der Waals surface area (Å²) in [5, 5.41) is 16.9. The molecule has 4 atom stereocenters. The van der Waals surface area contributed by atoms with E-state index in [0.29, 0.717) is 17.9 Å². The Labute approximate surface area is 193 Å². The second-order valence-electron chi connectivity index (χ2n) is 9.13. The highest BCUT2D eigenvalue weighted by Gasteiger charge is 2.43. The highest BCUT2D eigenvalue weighted by molar-refractivity contribution is 5.85. The van der Waals surface area contributed by atoms with E-state index in [1.807, 2.05) is 6.07 Å². The van der Waals surface area contributed by atoms with Crippen LogP contribution in [0.5, 0.6) is 0 Å². The summed E-state index contributed by atoms with van der Waals surface area (Å²) in [5.74, 6) is -0.00914. The van der Waals surface area contributed by atoms with Gasteiger partial charge < -0.3 is 10.4 Å². The summed E-state index contributed by atoms with van der Waals surface area (Å²) in [4.78, 5) is 25.0. The van der Waals surface area contributed by atoms with Crippen molar-refractivity contribution in [3.05, 3.63) is 78.1 Å². The van der Waals surface area contributed by atoms with E-state index >= 15 is 0 Å². The average Bonchev–Trinajstić information content (AvgIpc) is 3.55. The molecule has 33 heavy (non-hydrogen) atoms. The maximum absolute atomic E-state index is 11.8. The molecular formula is C26H28N4O3. The molecule has 1 aliphatic heterocycles. The number of aromatic carboxylic acids is 1. The van der Waals surface area contributed by atoms with Gasteiger partial charge in [-0.1, -0.05) is 48.5 Å². The first-order valence-electron chi connectivity index (χ1n) is 11.5. The zero-order valence-electron chi connectivity index (χ0n) is 18.4. The van der Waals surface area contributed by atoms with Crippen molar-refractivity contribution < 1.29 is 14.7 Å². The van der Waals surface area contributed by atoms with Crippen LogP contribution in [0.2, 0.25) is 0 Å². The number of carboxylic acids is 1. The van der Waals surface area contributed by atoms with Gasteiger partial charge in [0.1, 0.15) is 0 Å². The standard InChI is InChI=1S/C26H28N4O3/c31-17-25(30-10-9-24(28-30)26(32)33)29-15-21-12-23(13-22(21)16-29)27-14-18-5-4-8-20(11-18)19-6-2-1-3-7-19/h1-11,17,21-23,25,27H,12-16H2,(H,32,33)/t21-,22+,23+,25?. The zero-order chi connectivity index (χ0) is 22.8. The Morgan fingerprint density at radius 2 is 1.79 bits per heavy atom. The second kappa shape index (κ2) is 9.29. The van der Waals surface area contributed by atoms with E-state index in [1.54, 1.807) is 6.20 Å². The van der Waals surface area contributed by atoms with E-state index in [1.165, 1.54) is 27.4 Å². The molecule has 0 amide bonds. The molecular weight excluding hydrogens is 416 g/mol. The second-order valence-corrected chi connectivity index (χ2v) is 9.13. The van der Waals surface area contributed by atoms with Crippen molar-refractivity contribution in [3.8, 4) is 11.1 Å². The van der Waals surface area contributed by atoms with Gasteiger partial charge in [0, 0.05) is 31.9 Å². The molecule has 1 unspecified atom stereocenters. The Hall–Kier alpha value is -3.29. The average molecular weight is 445 g/mol. The number of nitrogens with zero attached hydrogens (tertiary/aromatic N) is 3. The normalized spacial score (nSPS) is 23.3. The number of hydrogen-bond donors (Lipinski definition) is 2. The Kier molecular flexibility index (Phi) is 6.07. The summed E-state index contributed by atoms with van der Waals surface area (Å²) < 4.78 is 1.47. The first-order valence-corrected chi connectivity index (χ1v) is 11.5. The van der Waals surface area contributed by atoms with Crippen molar-refractivity contribution in [1.29, 1.82) is 0 Å². The van der Waals surface area contributed by atoms with Crippen LogP contribution >= 0.6 is 0 Å². The van der Waals surface area contributed by atoms with E-state index in [9.17, 15) is 9.59 Å². The number of aldehydes is 1. The van der Waals surface area contributed by atoms with Gasteiger partial charge in [-0.25, -0.2) is 9.48 Å². The summed E-state index contributed by atoms with van der Waals surface area (Å²) in [6.07, 6.45) is 4.06. The van der Waals surface area contributed by atoms with Crippen molar-refractivity contribution in [1.82, 2.24) is 20.0 Å². The summed E-state index contributed by atoms with van der Waals surface area (Å²) in [6, 6.07) is 21.0. The van der Waals surface area contributed by atoms with Crippen LogP contribution in [0.25, 0.3) is 11.1 Å². The molecule has 7 heteroatoms. The molecule has 170 valence electrons. The fourth-order valence-corrected chi connectivity index (χ4v) is 5.39. The van der Waals surface area contributed by atoms with Crippen LogP contribution in [-0.4, -0.2) is 51.2 Å². The molecule has 1 aliphatic carbocycles. The minimum atomic E-state index is -1.08. The molecule has 0 spiro atoms. The van der Waals surface area contributed by atoms with E-state index in [0.717, 1.165) is 38.8 Å². The first kappa shape index (κ1) is 21.6. The van der Waals surface area contributed by atoms with Crippen LogP contribution in [0, 0.1) is 11.8 Å². The lowest BCUT2D eigenvalue weighted by molar-refractivity contribution is -0.115. The number of carbonyl (C=O) groups excluding carboxylic acids is 1. The number of rotatable bonds is 8. The van der Waals surface area contributed by atoms with Crippen LogP contribution in [-0.2, 0) is 11.3 Å². The molecule has 3 aromatic rings. The Balaban J connectivity index is 1.16. The van der Waals surface area contributed by atoms with Crippen LogP contribution in [0.1, 0.15) is 35.1 Å². The Morgan fingerprint density at radius 1 is 1.06 bits per heavy atom. The van der Waals surface area contributed by atoms with Gasteiger partial charge in [-0.15, -0.1) is 0 Å². The van der Waals surface area contributed by atoms with Gasteiger partial charge in [0.05, 0.1) is 0 Å². The van der Waals surface area contributed by atoms with Gasteiger partial charge in [0.2, 0.25) is 0 Å². The van der Waals surface area contributed by atoms with E-state index in [4.69, 9.17) is 5.11 Å². The minimum absolute atomic E-state index is 0.0400. The van der Waals surface area contributed by atoms with Gasteiger partial charge in [-0.3, -0.25) is 9.69 Å². The Bertz CT molecular complexity index is 1120. The van der Waals surface area contributed by atoms with Crippen LogP contribution in [0.3, 0.4) is 0 Å². The van der Waals surface area contributed by atoms with Crippen molar-refractivity contribution in [2.45, 2.75) is 31.6 Å². The highest BCUT2D eigenvalue weighted by atomic mass is 16.4. The van der Waals surface area contributed by atoms with E-state index in [2.05, 4.69) is 63.8 Å². The predicted octanol–water partition coefficient (Wildman–Crippen LogP) is 3.45. The number of carboxylic acid groups (broad SMARTS) is 1. The number of aromatic nitrogens is 2. The van der Waals surface area contributed by atoms with Gasteiger partial charge in [0.25, 0.3) is 0 Å².